The lowest BCUT2D eigenvalue weighted by Crippen LogP contribution is -2.49. The molecule has 5 nitrogen and oxygen atoms in total. The third-order valence-corrected chi connectivity index (χ3v) is 6.24. The molecular formula is C26H26Cl2N2O3. The van der Waals surface area contributed by atoms with Gasteiger partial charge in [-0.05, 0) is 42.5 Å². The summed E-state index contributed by atoms with van der Waals surface area (Å²) in [4.78, 5) is 16.9. The summed E-state index contributed by atoms with van der Waals surface area (Å²) < 4.78 is 5.74. The molecule has 172 valence electrons. The Bertz CT molecular complexity index is 1070. The van der Waals surface area contributed by atoms with Gasteiger partial charge >= 0.3 is 0 Å². The molecule has 0 aromatic heterocycles. The number of benzene rings is 3. The third-order valence-electron chi connectivity index (χ3n) is 5.68. The lowest BCUT2D eigenvalue weighted by Gasteiger charge is -2.37. The largest absolute Gasteiger partial charge is 0.491 e. The van der Waals surface area contributed by atoms with Gasteiger partial charge in [-0.2, -0.15) is 0 Å². The van der Waals surface area contributed by atoms with Crippen LogP contribution < -0.4 is 9.64 Å². The minimum Gasteiger partial charge on any atom is -0.491 e. The van der Waals surface area contributed by atoms with Gasteiger partial charge < -0.3 is 14.7 Å². The number of carbonyl (C=O) groups excluding carboxylic acids is 1. The number of ether oxygens (including phenoxy) is 1. The van der Waals surface area contributed by atoms with Gasteiger partial charge in [0.15, 0.2) is 5.78 Å². The van der Waals surface area contributed by atoms with Crippen molar-refractivity contribution >= 4 is 34.7 Å². The van der Waals surface area contributed by atoms with Crippen LogP contribution in [-0.2, 0) is 0 Å². The Kier molecular flexibility index (Phi) is 7.89. The molecule has 0 bridgehead atoms. The van der Waals surface area contributed by atoms with Crippen LogP contribution in [-0.4, -0.2) is 61.2 Å². The van der Waals surface area contributed by atoms with E-state index in [-0.39, 0.29) is 12.4 Å². The van der Waals surface area contributed by atoms with Crippen molar-refractivity contribution < 1.29 is 14.6 Å². The van der Waals surface area contributed by atoms with Gasteiger partial charge in [0.1, 0.15) is 18.5 Å². The van der Waals surface area contributed by atoms with Crippen molar-refractivity contribution in [1.29, 1.82) is 0 Å². The highest BCUT2D eigenvalue weighted by atomic mass is 35.5. The topological polar surface area (TPSA) is 53.0 Å². The van der Waals surface area contributed by atoms with Gasteiger partial charge in [-0.1, -0.05) is 53.5 Å². The summed E-state index contributed by atoms with van der Waals surface area (Å²) in [5.41, 5.74) is 2.20. The Labute approximate surface area is 204 Å². The van der Waals surface area contributed by atoms with E-state index in [9.17, 15) is 9.90 Å². The fourth-order valence-corrected chi connectivity index (χ4v) is 4.30. The number of anilines is 1. The first-order valence-electron chi connectivity index (χ1n) is 10.9. The van der Waals surface area contributed by atoms with Gasteiger partial charge in [0.05, 0.1) is 10.7 Å². The lowest BCUT2D eigenvalue weighted by molar-refractivity contribution is 0.0663. The molecule has 0 spiro atoms. The van der Waals surface area contributed by atoms with Crippen LogP contribution in [0.3, 0.4) is 0 Å². The van der Waals surface area contributed by atoms with Crippen LogP contribution in [0.4, 0.5) is 5.69 Å². The van der Waals surface area contributed by atoms with Crippen LogP contribution in [0.25, 0.3) is 0 Å². The first kappa shape index (κ1) is 23.6. The predicted octanol–water partition coefficient (Wildman–Crippen LogP) is 4.79. The van der Waals surface area contributed by atoms with Crippen molar-refractivity contribution in [2.75, 3.05) is 44.2 Å². The number of ketones is 1. The van der Waals surface area contributed by atoms with E-state index in [2.05, 4.69) is 9.80 Å². The van der Waals surface area contributed by atoms with Gasteiger partial charge in [0, 0.05) is 48.9 Å². The minimum atomic E-state index is -0.614. The zero-order valence-corrected chi connectivity index (χ0v) is 19.7. The van der Waals surface area contributed by atoms with Crippen molar-refractivity contribution in [3.05, 3.63) is 94.0 Å². The minimum absolute atomic E-state index is 0.0274. The second kappa shape index (κ2) is 11.0. The van der Waals surface area contributed by atoms with Gasteiger partial charge in [0.2, 0.25) is 0 Å². The molecule has 1 aliphatic heterocycles. The van der Waals surface area contributed by atoms with Gasteiger partial charge in [-0.15, -0.1) is 0 Å². The van der Waals surface area contributed by atoms with Crippen LogP contribution in [0.5, 0.6) is 5.75 Å². The van der Waals surface area contributed by atoms with E-state index in [4.69, 9.17) is 27.9 Å². The number of aliphatic hydroxyl groups is 1. The van der Waals surface area contributed by atoms with Crippen LogP contribution in [0, 0.1) is 0 Å². The first-order chi connectivity index (χ1) is 16.0. The van der Waals surface area contributed by atoms with Gasteiger partial charge in [0.25, 0.3) is 0 Å². The molecule has 1 atom stereocenters. The summed E-state index contributed by atoms with van der Waals surface area (Å²) in [5.74, 6) is 0.597. The number of halogens is 2. The van der Waals surface area contributed by atoms with Crippen LogP contribution in [0.1, 0.15) is 15.9 Å². The summed E-state index contributed by atoms with van der Waals surface area (Å²) in [5, 5.41) is 11.8. The molecule has 3 aromatic carbocycles. The van der Waals surface area contributed by atoms with Gasteiger partial charge in [-0.3, -0.25) is 9.69 Å². The predicted molar refractivity (Wildman–Crippen MR) is 133 cm³/mol. The molecular weight excluding hydrogens is 459 g/mol. The van der Waals surface area contributed by atoms with Crippen molar-refractivity contribution in [2.24, 2.45) is 0 Å². The van der Waals surface area contributed by atoms with Crippen LogP contribution >= 0.6 is 23.2 Å². The second-order valence-corrected chi connectivity index (χ2v) is 8.91. The second-order valence-electron chi connectivity index (χ2n) is 8.07. The molecule has 33 heavy (non-hydrogen) atoms. The van der Waals surface area contributed by atoms with Crippen molar-refractivity contribution in [3.8, 4) is 5.75 Å². The number of nitrogens with zero attached hydrogens (tertiary/aromatic N) is 2. The monoisotopic (exact) mass is 484 g/mol. The van der Waals surface area contributed by atoms with E-state index in [0.29, 0.717) is 33.5 Å². The molecule has 1 heterocycles. The maximum Gasteiger partial charge on any atom is 0.193 e. The van der Waals surface area contributed by atoms with E-state index < -0.39 is 6.10 Å². The lowest BCUT2D eigenvalue weighted by atomic mass is 10.0. The van der Waals surface area contributed by atoms with E-state index in [1.54, 1.807) is 42.5 Å². The number of piperazine rings is 1. The molecule has 1 aliphatic rings. The van der Waals surface area contributed by atoms with Crippen LogP contribution in [0.15, 0.2) is 72.8 Å². The third kappa shape index (κ3) is 6.27. The summed E-state index contributed by atoms with van der Waals surface area (Å²) in [6.07, 6.45) is -0.614. The fourth-order valence-electron chi connectivity index (χ4n) is 3.90. The molecule has 0 aliphatic carbocycles. The molecule has 0 saturated carbocycles. The highest BCUT2D eigenvalue weighted by molar-refractivity contribution is 6.35. The molecule has 4 rings (SSSR count). The molecule has 1 N–H and O–H groups in total. The Morgan fingerprint density at radius 1 is 0.909 bits per heavy atom. The Morgan fingerprint density at radius 3 is 2.27 bits per heavy atom. The molecule has 7 heteroatoms. The molecule has 1 unspecified atom stereocenters. The molecule has 3 aromatic rings. The molecule has 1 saturated heterocycles. The number of β-amino-alcohol motifs (C(OH)–C–C–N with tert-alkyl or cyclic N) is 1. The smallest absolute Gasteiger partial charge is 0.193 e. The van der Waals surface area contributed by atoms with Crippen molar-refractivity contribution in [1.82, 2.24) is 4.90 Å². The zero-order valence-electron chi connectivity index (χ0n) is 18.2. The molecule has 0 amide bonds. The number of carbonyl (C=O) groups is 1. The summed E-state index contributed by atoms with van der Waals surface area (Å²) in [6.45, 7) is 3.97. The number of hydrogen-bond acceptors (Lipinski definition) is 5. The Balaban J connectivity index is 1.22. The Hall–Kier alpha value is -2.57. The van der Waals surface area contributed by atoms with E-state index in [1.165, 1.54) is 0 Å². The quantitative estimate of drug-likeness (QED) is 0.466. The van der Waals surface area contributed by atoms with Crippen molar-refractivity contribution in [2.45, 2.75) is 6.10 Å². The highest BCUT2D eigenvalue weighted by Gasteiger charge is 2.21. The number of hydrogen-bond donors (Lipinski definition) is 1. The summed E-state index contributed by atoms with van der Waals surface area (Å²) >= 11 is 12.4. The standard InChI is InChI=1S/C26H26Cl2N2O3/c27-21-8-11-24(28)25(16-21)30-14-12-29(13-15-30)17-22(31)18-33-23-9-6-20(7-10-23)26(32)19-4-2-1-3-5-19/h1-11,16,22,31H,12-15,17-18H2. The van der Waals surface area contributed by atoms with Crippen LogP contribution in [0.2, 0.25) is 10.0 Å². The SMILES string of the molecule is O=C(c1ccccc1)c1ccc(OCC(O)CN2CCN(c3cc(Cl)ccc3Cl)CC2)cc1. The maximum absolute atomic E-state index is 12.5. The van der Waals surface area contributed by atoms with Crippen molar-refractivity contribution in [3.63, 3.8) is 0 Å². The van der Waals surface area contributed by atoms with Gasteiger partial charge in [-0.25, -0.2) is 0 Å². The van der Waals surface area contributed by atoms with E-state index in [1.807, 2.05) is 30.3 Å². The average Bonchev–Trinajstić information content (AvgIpc) is 2.85. The fraction of sp³-hybridized carbons (Fsp3) is 0.269. The van der Waals surface area contributed by atoms with E-state index >= 15 is 0 Å². The Morgan fingerprint density at radius 2 is 1.58 bits per heavy atom. The molecule has 0 radical (unpaired) electrons. The zero-order chi connectivity index (χ0) is 23.2. The normalized spacial score (nSPS) is 15.3. The average molecular weight is 485 g/mol. The summed E-state index contributed by atoms with van der Waals surface area (Å²) in [7, 11) is 0. The number of rotatable bonds is 8. The first-order valence-corrected chi connectivity index (χ1v) is 11.7. The van der Waals surface area contributed by atoms with E-state index in [0.717, 1.165) is 31.9 Å². The summed E-state index contributed by atoms with van der Waals surface area (Å²) in [6, 6.07) is 21.7. The number of aliphatic hydroxyl groups excluding tert-OH is 1. The highest BCUT2D eigenvalue weighted by Crippen LogP contribution is 2.29. The molecule has 1 fully saturated rings. The maximum atomic E-state index is 12.5.